The van der Waals surface area contributed by atoms with Gasteiger partial charge in [-0.3, -0.25) is 4.98 Å². The number of aryl methyl sites for hydroxylation is 2. The van der Waals surface area contributed by atoms with Crippen LogP contribution < -0.4 is 9.64 Å². The van der Waals surface area contributed by atoms with Crippen molar-refractivity contribution in [2.75, 3.05) is 18.6 Å². The molecular formula is C18H24N2O. The number of ether oxygens (including phenoxy) is 1. The van der Waals surface area contributed by atoms with Crippen LogP contribution in [0.4, 0.5) is 5.69 Å². The van der Waals surface area contributed by atoms with Gasteiger partial charge in [-0.15, -0.1) is 0 Å². The standard InChI is InChI=1S/C18H24N2O/c1-5-15-8-7-9-16(19-15)13-20(6-2)17-10-14(3)11-18(12-17)21-4/h7-12H,5-6,13H2,1-4H3. The molecule has 0 spiro atoms. The molecule has 2 aromatic rings. The van der Waals surface area contributed by atoms with Crippen molar-refractivity contribution in [2.24, 2.45) is 0 Å². The molecule has 0 saturated carbocycles. The number of nitrogens with zero attached hydrogens (tertiary/aromatic N) is 2. The Balaban J connectivity index is 2.25. The quantitative estimate of drug-likeness (QED) is 0.802. The molecule has 2 rings (SSSR count). The Labute approximate surface area is 127 Å². The molecule has 21 heavy (non-hydrogen) atoms. The van der Waals surface area contributed by atoms with Gasteiger partial charge in [0.2, 0.25) is 0 Å². The lowest BCUT2D eigenvalue weighted by Crippen LogP contribution is -2.23. The third kappa shape index (κ3) is 3.97. The van der Waals surface area contributed by atoms with Gasteiger partial charge in [-0.2, -0.15) is 0 Å². The molecule has 0 unspecified atom stereocenters. The average Bonchev–Trinajstić information content (AvgIpc) is 2.52. The summed E-state index contributed by atoms with van der Waals surface area (Å²) in [6.07, 6.45) is 0.970. The molecule has 0 amide bonds. The van der Waals surface area contributed by atoms with Crippen LogP contribution in [0.2, 0.25) is 0 Å². The summed E-state index contributed by atoms with van der Waals surface area (Å²) in [6.45, 7) is 8.14. The highest BCUT2D eigenvalue weighted by Gasteiger charge is 2.09. The monoisotopic (exact) mass is 284 g/mol. The summed E-state index contributed by atoms with van der Waals surface area (Å²) in [6, 6.07) is 12.6. The summed E-state index contributed by atoms with van der Waals surface area (Å²) in [5.74, 6) is 0.902. The Morgan fingerprint density at radius 1 is 1.10 bits per heavy atom. The first kappa shape index (κ1) is 15.4. The maximum atomic E-state index is 5.37. The molecule has 0 atom stereocenters. The molecule has 1 heterocycles. The lowest BCUT2D eigenvalue weighted by molar-refractivity contribution is 0.414. The molecule has 0 aliphatic carbocycles. The first-order valence-electron chi connectivity index (χ1n) is 7.51. The second-order valence-corrected chi connectivity index (χ2v) is 5.20. The van der Waals surface area contributed by atoms with Gasteiger partial charge in [-0.05, 0) is 50.1 Å². The molecule has 0 aliphatic rings. The SMILES string of the molecule is CCc1cccc(CN(CC)c2cc(C)cc(OC)c2)n1. The van der Waals surface area contributed by atoms with Crippen molar-refractivity contribution in [3.8, 4) is 5.75 Å². The zero-order chi connectivity index (χ0) is 15.2. The van der Waals surface area contributed by atoms with E-state index in [9.17, 15) is 0 Å². The highest BCUT2D eigenvalue weighted by atomic mass is 16.5. The summed E-state index contributed by atoms with van der Waals surface area (Å²) in [4.78, 5) is 7.01. The molecule has 0 aliphatic heterocycles. The smallest absolute Gasteiger partial charge is 0.121 e. The normalized spacial score (nSPS) is 10.5. The zero-order valence-electron chi connectivity index (χ0n) is 13.4. The molecular weight excluding hydrogens is 260 g/mol. The number of benzene rings is 1. The molecule has 1 aromatic carbocycles. The van der Waals surface area contributed by atoms with Gasteiger partial charge in [0.1, 0.15) is 5.75 Å². The van der Waals surface area contributed by atoms with Gasteiger partial charge < -0.3 is 9.64 Å². The lowest BCUT2D eigenvalue weighted by atomic mass is 10.2. The molecule has 1 aromatic heterocycles. The van der Waals surface area contributed by atoms with Crippen LogP contribution in [0.1, 0.15) is 30.8 Å². The first-order valence-corrected chi connectivity index (χ1v) is 7.51. The molecule has 112 valence electrons. The fourth-order valence-corrected chi connectivity index (χ4v) is 2.42. The third-order valence-corrected chi connectivity index (χ3v) is 3.60. The van der Waals surface area contributed by atoms with E-state index in [4.69, 9.17) is 9.72 Å². The van der Waals surface area contributed by atoms with Crippen LogP contribution in [0.25, 0.3) is 0 Å². The number of hydrogen-bond acceptors (Lipinski definition) is 3. The Morgan fingerprint density at radius 2 is 1.86 bits per heavy atom. The Morgan fingerprint density at radius 3 is 2.52 bits per heavy atom. The second kappa shape index (κ2) is 7.11. The van der Waals surface area contributed by atoms with E-state index in [2.05, 4.69) is 56.0 Å². The van der Waals surface area contributed by atoms with Crippen molar-refractivity contribution in [3.05, 3.63) is 53.3 Å². The third-order valence-electron chi connectivity index (χ3n) is 3.60. The van der Waals surface area contributed by atoms with Crippen molar-refractivity contribution in [1.82, 2.24) is 4.98 Å². The minimum absolute atomic E-state index is 0.816. The van der Waals surface area contributed by atoms with Crippen LogP contribution >= 0.6 is 0 Å². The summed E-state index contributed by atoms with van der Waals surface area (Å²) in [5, 5.41) is 0. The number of aromatic nitrogens is 1. The second-order valence-electron chi connectivity index (χ2n) is 5.20. The van der Waals surface area contributed by atoms with Crippen LogP contribution in [0.15, 0.2) is 36.4 Å². The summed E-state index contributed by atoms with van der Waals surface area (Å²) >= 11 is 0. The van der Waals surface area contributed by atoms with E-state index in [1.807, 2.05) is 6.07 Å². The maximum Gasteiger partial charge on any atom is 0.121 e. The number of anilines is 1. The molecule has 0 N–H and O–H groups in total. The van der Waals surface area contributed by atoms with Gasteiger partial charge in [0.15, 0.2) is 0 Å². The van der Waals surface area contributed by atoms with Crippen molar-refractivity contribution >= 4 is 5.69 Å². The fraction of sp³-hybridized carbons (Fsp3) is 0.389. The van der Waals surface area contributed by atoms with Gasteiger partial charge in [0.25, 0.3) is 0 Å². The van der Waals surface area contributed by atoms with Gasteiger partial charge >= 0.3 is 0 Å². The topological polar surface area (TPSA) is 25.4 Å². The highest BCUT2D eigenvalue weighted by Crippen LogP contribution is 2.24. The Bertz CT molecular complexity index is 596. The molecule has 0 bridgehead atoms. The van der Waals surface area contributed by atoms with Crippen molar-refractivity contribution in [3.63, 3.8) is 0 Å². The lowest BCUT2D eigenvalue weighted by Gasteiger charge is -2.24. The van der Waals surface area contributed by atoms with E-state index in [-0.39, 0.29) is 0 Å². The largest absolute Gasteiger partial charge is 0.497 e. The van der Waals surface area contributed by atoms with Gasteiger partial charge in [-0.25, -0.2) is 0 Å². The molecule has 0 fully saturated rings. The van der Waals surface area contributed by atoms with Gasteiger partial charge in [0.05, 0.1) is 19.3 Å². The van der Waals surface area contributed by atoms with Gasteiger partial charge in [0, 0.05) is 24.0 Å². The van der Waals surface area contributed by atoms with Crippen LogP contribution in [0, 0.1) is 6.92 Å². The fourth-order valence-electron chi connectivity index (χ4n) is 2.42. The van der Waals surface area contributed by atoms with Crippen LogP contribution in [-0.4, -0.2) is 18.6 Å². The van der Waals surface area contributed by atoms with Gasteiger partial charge in [-0.1, -0.05) is 13.0 Å². The number of pyridine rings is 1. The van der Waals surface area contributed by atoms with E-state index < -0.39 is 0 Å². The summed E-state index contributed by atoms with van der Waals surface area (Å²) in [5.41, 5.74) is 4.64. The Kier molecular flexibility index (Phi) is 5.20. The predicted molar refractivity (Wildman–Crippen MR) is 88.1 cm³/mol. The van der Waals surface area contributed by atoms with E-state index in [0.29, 0.717) is 0 Å². The predicted octanol–water partition coefficient (Wildman–Crippen LogP) is 3.99. The van der Waals surface area contributed by atoms with Crippen LogP contribution in [-0.2, 0) is 13.0 Å². The summed E-state index contributed by atoms with van der Waals surface area (Å²) in [7, 11) is 1.71. The zero-order valence-corrected chi connectivity index (χ0v) is 13.4. The van der Waals surface area contributed by atoms with E-state index in [1.165, 1.54) is 11.3 Å². The average molecular weight is 284 g/mol. The molecule has 0 saturated heterocycles. The van der Waals surface area contributed by atoms with Crippen molar-refractivity contribution < 1.29 is 4.74 Å². The first-order chi connectivity index (χ1) is 10.2. The minimum atomic E-state index is 0.816. The van der Waals surface area contributed by atoms with Crippen LogP contribution in [0.5, 0.6) is 5.75 Å². The van der Waals surface area contributed by atoms with Crippen molar-refractivity contribution in [1.29, 1.82) is 0 Å². The molecule has 3 nitrogen and oxygen atoms in total. The molecule has 0 radical (unpaired) electrons. The van der Waals surface area contributed by atoms with Crippen molar-refractivity contribution in [2.45, 2.75) is 33.7 Å². The summed E-state index contributed by atoms with van der Waals surface area (Å²) < 4.78 is 5.37. The number of hydrogen-bond donors (Lipinski definition) is 0. The Hall–Kier alpha value is -2.03. The highest BCUT2D eigenvalue weighted by molar-refractivity contribution is 5.53. The van der Waals surface area contributed by atoms with E-state index >= 15 is 0 Å². The van der Waals surface area contributed by atoms with E-state index in [1.54, 1.807) is 7.11 Å². The number of rotatable bonds is 6. The van der Waals surface area contributed by atoms with E-state index in [0.717, 1.165) is 36.6 Å². The minimum Gasteiger partial charge on any atom is -0.497 e. The molecule has 3 heteroatoms. The van der Waals surface area contributed by atoms with Crippen LogP contribution in [0.3, 0.4) is 0 Å². The number of methoxy groups -OCH3 is 1. The maximum absolute atomic E-state index is 5.37.